The first-order chi connectivity index (χ1) is 17.0. The van der Waals surface area contributed by atoms with Crippen molar-refractivity contribution in [2.75, 3.05) is 50.4 Å². The van der Waals surface area contributed by atoms with Crippen molar-refractivity contribution in [3.63, 3.8) is 0 Å². The molecule has 3 aromatic heterocycles. The number of carbonyl (C=O) groups excluding carboxylic acids is 1. The lowest BCUT2D eigenvalue weighted by molar-refractivity contribution is 0.0658. The minimum Gasteiger partial charge on any atom is -0.370 e. The van der Waals surface area contributed by atoms with E-state index in [9.17, 15) is 9.90 Å². The molecule has 3 aromatic rings. The fourth-order valence-corrected chi connectivity index (χ4v) is 4.15. The van der Waals surface area contributed by atoms with Crippen molar-refractivity contribution >= 4 is 17.4 Å². The molecule has 4 heterocycles. The average Bonchev–Trinajstić information content (AvgIpc) is 3.64. The molecule has 1 saturated carbocycles. The van der Waals surface area contributed by atoms with Crippen LogP contribution in [-0.2, 0) is 7.05 Å². The number of anilines is 2. The van der Waals surface area contributed by atoms with Crippen LogP contribution in [0.5, 0.6) is 0 Å². The van der Waals surface area contributed by atoms with Gasteiger partial charge in [0.2, 0.25) is 0 Å². The molecule has 1 amide bonds. The highest BCUT2D eigenvalue weighted by atomic mass is 16.3. The molecule has 0 aromatic carbocycles. The van der Waals surface area contributed by atoms with Crippen LogP contribution >= 0.6 is 0 Å². The molecular formula is C25H32N8O2. The zero-order valence-electron chi connectivity index (χ0n) is 20.2. The molecular weight excluding hydrogens is 444 g/mol. The Morgan fingerprint density at radius 1 is 1.17 bits per heavy atom. The number of carbonyl (C=O) groups is 1. The first kappa shape index (κ1) is 23.3. The van der Waals surface area contributed by atoms with Crippen LogP contribution < -0.4 is 10.6 Å². The second kappa shape index (κ2) is 10.0. The number of aryl methyl sites for hydroxylation is 1. The lowest BCUT2D eigenvalue weighted by atomic mass is 10.1. The highest BCUT2D eigenvalue weighted by molar-refractivity contribution is 5.97. The van der Waals surface area contributed by atoms with Gasteiger partial charge in [-0.25, -0.2) is 9.97 Å². The number of hydrogen-bond acceptors (Lipinski definition) is 8. The van der Waals surface area contributed by atoms with Gasteiger partial charge in [-0.05, 0) is 50.1 Å². The highest BCUT2D eigenvalue weighted by Crippen LogP contribution is 2.29. The van der Waals surface area contributed by atoms with E-state index in [1.54, 1.807) is 35.1 Å². The molecule has 184 valence electrons. The zero-order valence-corrected chi connectivity index (χ0v) is 20.2. The first-order valence-electron chi connectivity index (χ1n) is 12.1. The minimum atomic E-state index is -1.10. The third-order valence-corrected chi connectivity index (χ3v) is 6.49. The Morgan fingerprint density at radius 2 is 1.97 bits per heavy atom. The number of rotatable bonds is 8. The number of amides is 1. The van der Waals surface area contributed by atoms with Crippen LogP contribution in [0.4, 0.5) is 11.5 Å². The van der Waals surface area contributed by atoms with E-state index in [2.05, 4.69) is 30.6 Å². The minimum absolute atomic E-state index is 0.141. The van der Waals surface area contributed by atoms with Gasteiger partial charge in [0.15, 0.2) is 11.9 Å². The van der Waals surface area contributed by atoms with E-state index < -0.39 is 6.23 Å². The number of likely N-dealkylation sites (N-methyl/N-ethyl adjacent to an activating group) is 1. The lowest BCUT2D eigenvalue weighted by Gasteiger charge is -2.32. The molecule has 2 fully saturated rings. The summed E-state index contributed by atoms with van der Waals surface area (Å²) in [6.07, 6.45) is 4.92. The predicted molar refractivity (Wildman–Crippen MR) is 134 cm³/mol. The van der Waals surface area contributed by atoms with Crippen molar-refractivity contribution in [1.29, 1.82) is 0 Å². The Balaban J connectivity index is 1.30. The van der Waals surface area contributed by atoms with E-state index in [0.717, 1.165) is 42.6 Å². The maximum Gasteiger partial charge on any atom is 0.276 e. The van der Waals surface area contributed by atoms with E-state index in [4.69, 9.17) is 0 Å². The number of nitrogens with zero attached hydrogens (tertiary/aromatic N) is 6. The molecule has 1 saturated heterocycles. The Morgan fingerprint density at radius 3 is 2.74 bits per heavy atom. The van der Waals surface area contributed by atoms with E-state index in [0.29, 0.717) is 30.2 Å². The van der Waals surface area contributed by atoms with E-state index in [1.165, 1.54) is 12.8 Å². The summed E-state index contributed by atoms with van der Waals surface area (Å²) in [7, 11) is 3.81. The Bertz CT molecular complexity index is 1180. The SMILES string of the molecule is CN1CCN(C(=O)c2nn(C)cc2NC(O)c2cccc(-c3ccnc(NCC4CC4)c3)n2)CC1. The molecule has 1 unspecified atom stereocenters. The second-order valence-corrected chi connectivity index (χ2v) is 9.41. The van der Waals surface area contributed by atoms with E-state index in [1.807, 2.05) is 31.3 Å². The van der Waals surface area contributed by atoms with Crippen LogP contribution in [0.2, 0.25) is 0 Å². The number of piperazine rings is 1. The summed E-state index contributed by atoms with van der Waals surface area (Å²) in [6.45, 7) is 3.90. The van der Waals surface area contributed by atoms with Crippen LogP contribution in [0.25, 0.3) is 11.3 Å². The summed E-state index contributed by atoms with van der Waals surface area (Å²) >= 11 is 0. The second-order valence-electron chi connectivity index (χ2n) is 9.41. The summed E-state index contributed by atoms with van der Waals surface area (Å²) < 4.78 is 1.58. The van der Waals surface area contributed by atoms with Crippen LogP contribution in [0.3, 0.4) is 0 Å². The maximum atomic E-state index is 13.1. The van der Waals surface area contributed by atoms with Gasteiger partial charge in [0, 0.05) is 57.7 Å². The summed E-state index contributed by atoms with van der Waals surface area (Å²) in [6, 6.07) is 9.40. The van der Waals surface area contributed by atoms with Gasteiger partial charge in [-0.15, -0.1) is 0 Å². The van der Waals surface area contributed by atoms with Crippen molar-refractivity contribution in [3.05, 3.63) is 54.1 Å². The standard InChI is InChI=1S/C25H32N8O2/c1-31-10-12-33(13-11-31)25(35)23-21(16-32(2)30-23)29-24(34)20-5-3-4-19(28-20)18-8-9-26-22(14-18)27-15-17-6-7-17/h3-5,8-9,14,16-17,24,29,34H,6-7,10-13,15H2,1-2H3,(H,26,27). The number of aromatic nitrogens is 4. The summed E-state index contributed by atoms with van der Waals surface area (Å²) in [5.74, 6) is 1.43. The van der Waals surface area contributed by atoms with E-state index >= 15 is 0 Å². The van der Waals surface area contributed by atoms with Crippen molar-refractivity contribution in [2.45, 2.75) is 19.1 Å². The monoisotopic (exact) mass is 476 g/mol. The zero-order chi connectivity index (χ0) is 24.4. The molecule has 10 nitrogen and oxygen atoms in total. The first-order valence-corrected chi connectivity index (χ1v) is 12.1. The Hall–Kier alpha value is -3.50. The lowest BCUT2D eigenvalue weighted by Crippen LogP contribution is -2.47. The number of hydrogen-bond donors (Lipinski definition) is 3. The van der Waals surface area contributed by atoms with Crippen LogP contribution in [-0.4, -0.2) is 80.3 Å². The quantitative estimate of drug-likeness (QED) is 0.424. The third kappa shape index (κ3) is 5.60. The number of nitrogens with one attached hydrogen (secondary N) is 2. The van der Waals surface area contributed by atoms with Gasteiger partial charge < -0.3 is 25.5 Å². The van der Waals surface area contributed by atoms with Crippen LogP contribution in [0, 0.1) is 5.92 Å². The van der Waals surface area contributed by atoms with Gasteiger partial charge in [-0.1, -0.05) is 6.07 Å². The van der Waals surface area contributed by atoms with Crippen LogP contribution in [0.15, 0.2) is 42.7 Å². The Kier molecular flexibility index (Phi) is 6.65. The number of pyridine rings is 2. The van der Waals surface area contributed by atoms with Crippen molar-refractivity contribution < 1.29 is 9.90 Å². The van der Waals surface area contributed by atoms with Gasteiger partial charge in [0.1, 0.15) is 5.82 Å². The number of aliphatic hydroxyl groups excluding tert-OH is 1. The van der Waals surface area contributed by atoms with Gasteiger partial charge in [0.05, 0.1) is 17.1 Å². The summed E-state index contributed by atoms with van der Waals surface area (Å²) in [5.41, 5.74) is 2.88. The van der Waals surface area contributed by atoms with Crippen LogP contribution in [0.1, 0.15) is 35.3 Å². The highest BCUT2D eigenvalue weighted by Gasteiger charge is 2.26. The number of aliphatic hydroxyl groups is 1. The molecule has 0 bridgehead atoms. The molecule has 0 radical (unpaired) electrons. The smallest absolute Gasteiger partial charge is 0.276 e. The molecule has 1 aliphatic carbocycles. The Labute approximate surface area is 205 Å². The fourth-order valence-electron chi connectivity index (χ4n) is 4.15. The van der Waals surface area contributed by atoms with E-state index in [-0.39, 0.29) is 5.91 Å². The molecule has 1 aliphatic heterocycles. The van der Waals surface area contributed by atoms with Gasteiger partial charge in [-0.2, -0.15) is 5.10 Å². The van der Waals surface area contributed by atoms with Crippen molar-refractivity contribution in [1.82, 2.24) is 29.5 Å². The summed E-state index contributed by atoms with van der Waals surface area (Å²) in [5, 5.41) is 21.7. The maximum absolute atomic E-state index is 13.1. The van der Waals surface area contributed by atoms with Gasteiger partial charge in [0.25, 0.3) is 5.91 Å². The predicted octanol–water partition coefficient (Wildman–Crippen LogP) is 2.19. The molecule has 0 spiro atoms. The normalized spacial score (nSPS) is 17.3. The topological polar surface area (TPSA) is 111 Å². The van der Waals surface area contributed by atoms with Crippen molar-refractivity contribution in [3.8, 4) is 11.3 Å². The average molecular weight is 477 g/mol. The third-order valence-electron chi connectivity index (χ3n) is 6.49. The van der Waals surface area contributed by atoms with Gasteiger partial charge >= 0.3 is 0 Å². The molecule has 3 N–H and O–H groups in total. The molecule has 10 heteroatoms. The molecule has 1 atom stereocenters. The largest absolute Gasteiger partial charge is 0.370 e. The molecule has 2 aliphatic rings. The van der Waals surface area contributed by atoms with Gasteiger partial charge in [-0.3, -0.25) is 9.48 Å². The fraction of sp³-hybridized carbons (Fsp3) is 0.440. The molecule has 35 heavy (non-hydrogen) atoms. The van der Waals surface area contributed by atoms with Crippen molar-refractivity contribution in [2.24, 2.45) is 13.0 Å². The summed E-state index contributed by atoms with van der Waals surface area (Å²) in [4.78, 5) is 26.2. The molecule has 5 rings (SSSR count).